The van der Waals surface area contributed by atoms with E-state index in [0.717, 1.165) is 10.9 Å². The van der Waals surface area contributed by atoms with Crippen molar-refractivity contribution in [1.29, 1.82) is 0 Å². The summed E-state index contributed by atoms with van der Waals surface area (Å²) < 4.78 is 1.54. The Bertz CT molecular complexity index is 555. The maximum atomic E-state index is 10.9. The van der Waals surface area contributed by atoms with Gasteiger partial charge in [0.1, 0.15) is 0 Å². The highest BCUT2D eigenvalue weighted by Crippen LogP contribution is 2.23. The maximum Gasteiger partial charge on any atom is 0.337 e. The van der Waals surface area contributed by atoms with Crippen LogP contribution in [0.3, 0.4) is 0 Å². The van der Waals surface area contributed by atoms with Crippen molar-refractivity contribution in [3.8, 4) is 0 Å². The molecule has 1 aromatic heterocycles. The van der Waals surface area contributed by atoms with Crippen molar-refractivity contribution < 1.29 is 9.90 Å². The Morgan fingerprint density at radius 2 is 2.13 bits per heavy atom. The lowest BCUT2D eigenvalue weighted by molar-refractivity contribution is -0.130. The van der Waals surface area contributed by atoms with Gasteiger partial charge >= 0.3 is 5.97 Å². The van der Waals surface area contributed by atoms with Crippen LogP contribution in [-0.4, -0.2) is 20.9 Å². The molecule has 0 spiro atoms. The van der Waals surface area contributed by atoms with E-state index in [1.54, 1.807) is 11.7 Å². The molecule has 0 saturated heterocycles. The fraction of sp³-hybridized carbons (Fsp3) is 0.0909. The van der Waals surface area contributed by atoms with Crippen LogP contribution >= 0.6 is 0 Å². The lowest BCUT2D eigenvalue weighted by atomic mass is 10.1. The Morgan fingerprint density at radius 3 is 2.80 bits per heavy atom. The normalized spacial score (nSPS) is 10.5. The van der Waals surface area contributed by atoms with Crippen LogP contribution in [-0.2, 0) is 11.8 Å². The van der Waals surface area contributed by atoms with Gasteiger partial charge in [0.25, 0.3) is 0 Å². The fourth-order valence-corrected chi connectivity index (χ4v) is 1.61. The molecule has 0 amide bonds. The minimum atomic E-state index is -1.02. The van der Waals surface area contributed by atoms with E-state index in [0.29, 0.717) is 5.69 Å². The van der Waals surface area contributed by atoms with Gasteiger partial charge in [0.05, 0.1) is 16.8 Å². The highest BCUT2D eigenvalue weighted by Gasteiger charge is 2.15. The average molecular weight is 202 g/mol. The summed E-state index contributed by atoms with van der Waals surface area (Å²) in [5, 5.41) is 13.9. The number of benzene rings is 1. The predicted octanol–water partition coefficient (Wildman–Crippen LogP) is 1.67. The van der Waals surface area contributed by atoms with Crippen LogP contribution in [0.2, 0.25) is 0 Å². The number of aryl methyl sites for hydroxylation is 1. The van der Waals surface area contributed by atoms with Crippen LogP contribution in [0.4, 0.5) is 0 Å². The molecule has 15 heavy (non-hydrogen) atoms. The number of rotatable bonds is 2. The number of hydrogen-bond donors (Lipinski definition) is 1. The molecule has 76 valence electrons. The molecule has 0 fully saturated rings. The largest absolute Gasteiger partial charge is 0.478 e. The van der Waals surface area contributed by atoms with E-state index in [4.69, 9.17) is 5.11 Å². The lowest BCUT2D eigenvalue weighted by Crippen LogP contribution is -2.04. The molecule has 0 bridgehead atoms. The molecule has 0 unspecified atom stereocenters. The number of carbonyl (C=O) groups is 1. The van der Waals surface area contributed by atoms with Crippen LogP contribution in [0.5, 0.6) is 0 Å². The van der Waals surface area contributed by atoms with Gasteiger partial charge in [0, 0.05) is 12.4 Å². The number of carboxylic acid groups (broad SMARTS) is 1. The van der Waals surface area contributed by atoms with Crippen molar-refractivity contribution in [2.45, 2.75) is 0 Å². The zero-order valence-electron chi connectivity index (χ0n) is 8.27. The minimum absolute atomic E-state index is 0.0613. The monoisotopic (exact) mass is 202 g/mol. The Labute approximate surface area is 86.4 Å². The molecule has 0 radical (unpaired) electrons. The molecule has 4 nitrogen and oxygen atoms in total. The third-order valence-corrected chi connectivity index (χ3v) is 2.28. The number of aliphatic carboxylic acids is 1. The Hall–Kier alpha value is -2.10. The highest BCUT2D eigenvalue weighted by molar-refractivity contribution is 6.17. The van der Waals surface area contributed by atoms with E-state index in [2.05, 4.69) is 11.7 Å². The predicted molar refractivity (Wildman–Crippen MR) is 57.4 cm³/mol. The number of carboxylic acids is 1. The molecule has 0 aliphatic heterocycles. The lowest BCUT2D eigenvalue weighted by Gasteiger charge is -2.00. The molecule has 0 aliphatic rings. The second kappa shape index (κ2) is 3.24. The van der Waals surface area contributed by atoms with Gasteiger partial charge < -0.3 is 5.11 Å². The Balaban J connectivity index is 2.74. The van der Waals surface area contributed by atoms with Crippen molar-refractivity contribution >= 4 is 22.4 Å². The van der Waals surface area contributed by atoms with Crippen LogP contribution in [0, 0.1) is 0 Å². The second-order valence-electron chi connectivity index (χ2n) is 3.27. The van der Waals surface area contributed by atoms with Gasteiger partial charge in [-0.2, -0.15) is 5.10 Å². The Kier molecular flexibility index (Phi) is 2.04. The van der Waals surface area contributed by atoms with Crippen molar-refractivity contribution in [2.24, 2.45) is 7.05 Å². The third kappa shape index (κ3) is 1.40. The van der Waals surface area contributed by atoms with E-state index in [-0.39, 0.29) is 5.57 Å². The third-order valence-electron chi connectivity index (χ3n) is 2.28. The molecule has 4 heteroatoms. The number of fused-ring (bicyclic) bond motifs is 1. The Morgan fingerprint density at radius 1 is 1.47 bits per heavy atom. The first-order valence-corrected chi connectivity index (χ1v) is 4.45. The van der Waals surface area contributed by atoms with Gasteiger partial charge in [-0.05, 0) is 6.07 Å². The molecule has 2 rings (SSSR count). The fourth-order valence-electron chi connectivity index (χ4n) is 1.61. The second-order valence-corrected chi connectivity index (χ2v) is 3.27. The smallest absolute Gasteiger partial charge is 0.337 e. The number of hydrogen-bond acceptors (Lipinski definition) is 2. The van der Waals surface area contributed by atoms with Crippen LogP contribution in [0.25, 0.3) is 16.5 Å². The summed E-state index contributed by atoms with van der Waals surface area (Å²) in [5.74, 6) is -1.02. The topological polar surface area (TPSA) is 55.1 Å². The highest BCUT2D eigenvalue weighted by atomic mass is 16.4. The van der Waals surface area contributed by atoms with E-state index in [1.165, 1.54) is 0 Å². The van der Waals surface area contributed by atoms with E-state index in [9.17, 15) is 4.79 Å². The van der Waals surface area contributed by atoms with E-state index in [1.807, 2.05) is 24.3 Å². The molecular formula is C11H10N2O2. The van der Waals surface area contributed by atoms with Crippen LogP contribution < -0.4 is 0 Å². The summed E-state index contributed by atoms with van der Waals surface area (Å²) in [5.41, 5.74) is 1.39. The maximum absolute atomic E-state index is 10.9. The molecule has 1 aromatic carbocycles. The molecular weight excluding hydrogens is 192 g/mol. The number of nitrogens with zero attached hydrogens (tertiary/aromatic N) is 2. The van der Waals surface area contributed by atoms with Crippen molar-refractivity contribution in [3.63, 3.8) is 0 Å². The zero-order valence-corrected chi connectivity index (χ0v) is 8.27. The molecule has 0 aliphatic carbocycles. The van der Waals surface area contributed by atoms with Gasteiger partial charge in [-0.1, -0.05) is 24.8 Å². The summed E-state index contributed by atoms with van der Waals surface area (Å²) in [6.45, 7) is 3.55. The van der Waals surface area contributed by atoms with Gasteiger partial charge in [0.15, 0.2) is 0 Å². The molecule has 1 N–H and O–H groups in total. The van der Waals surface area contributed by atoms with E-state index >= 15 is 0 Å². The standard InChI is InChI=1S/C11H10N2O2/c1-7(11(14)15)10-8-5-3-4-6-9(8)12-13(10)2/h3-6H,1H2,2H3,(H,14,15). The summed E-state index contributed by atoms with van der Waals surface area (Å²) in [4.78, 5) is 10.9. The minimum Gasteiger partial charge on any atom is -0.478 e. The molecule has 1 heterocycles. The quantitative estimate of drug-likeness (QED) is 0.753. The molecule has 0 atom stereocenters. The van der Waals surface area contributed by atoms with E-state index < -0.39 is 5.97 Å². The van der Waals surface area contributed by atoms with Crippen LogP contribution in [0.15, 0.2) is 30.8 Å². The van der Waals surface area contributed by atoms with Gasteiger partial charge in [-0.3, -0.25) is 4.68 Å². The summed E-state index contributed by atoms with van der Waals surface area (Å²) >= 11 is 0. The zero-order chi connectivity index (χ0) is 11.0. The van der Waals surface area contributed by atoms with Crippen molar-refractivity contribution in [1.82, 2.24) is 9.78 Å². The first-order chi connectivity index (χ1) is 7.11. The summed E-state index contributed by atoms with van der Waals surface area (Å²) in [6, 6.07) is 7.39. The van der Waals surface area contributed by atoms with Gasteiger partial charge in [0.2, 0.25) is 0 Å². The van der Waals surface area contributed by atoms with Crippen molar-refractivity contribution in [3.05, 3.63) is 36.5 Å². The first kappa shape index (κ1) is 9.45. The van der Waals surface area contributed by atoms with Gasteiger partial charge in [-0.25, -0.2) is 4.79 Å². The first-order valence-electron chi connectivity index (χ1n) is 4.45. The number of aromatic nitrogens is 2. The van der Waals surface area contributed by atoms with Crippen molar-refractivity contribution in [2.75, 3.05) is 0 Å². The average Bonchev–Trinajstić information content (AvgIpc) is 2.52. The molecule has 0 saturated carbocycles. The SMILES string of the molecule is C=C(C(=O)O)c1c2ccccc2nn1C. The summed E-state index contributed by atoms with van der Waals surface area (Å²) in [6.07, 6.45) is 0. The molecule has 2 aromatic rings. The summed E-state index contributed by atoms with van der Waals surface area (Å²) in [7, 11) is 1.71. The van der Waals surface area contributed by atoms with Gasteiger partial charge in [-0.15, -0.1) is 0 Å². The van der Waals surface area contributed by atoms with Crippen LogP contribution in [0.1, 0.15) is 5.69 Å².